The van der Waals surface area contributed by atoms with Gasteiger partial charge in [0.05, 0.1) is 12.8 Å². The van der Waals surface area contributed by atoms with E-state index in [0.717, 1.165) is 0 Å². The third-order valence-electron chi connectivity index (χ3n) is 16.3. The molecule has 2 aliphatic heterocycles. The lowest BCUT2D eigenvalue weighted by Crippen LogP contribution is -2.62. The third kappa shape index (κ3) is 20.7. The molecule has 10 atom stereocenters. The summed E-state index contributed by atoms with van der Waals surface area (Å²) in [7, 11) is 0. The van der Waals surface area contributed by atoms with E-state index in [1.165, 1.54) is 17.0 Å². The van der Waals surface area contributed by atoms with Crippen LogP contribution in [-0.4, -0.2) is 165 Å². The second kappa shape index (κ2) is 34.5. The van der Waals surface area contributed by atoms with Gasteiger partial charge in [-0.05, 0) is 91.4 Å². The molecule has 0 saturated carbocycles. The number of carbonyl (C=O) groups excluding carboxylic acids is 11. The maximum atomic E-state index is 15.2. The highest BCUT2D eigenvalue weighted by atomic mass is 16.4. The number of carboxylic acids is 1. The largest absolute Gasteiger partial charge is 0.508 e. The van der Waals surface area contributed by atoms with Crippen LogP contribution in [0.3, 0.4) is 0 Å². The number of nitrogens with two attached hydrogens (primary N) is 2. The van der Waals surface area contributed by atoms with E-state index < -0.39 is 144 Å². The fourth-order valence-electron chi connectivity index (χ4n) is 11.5. The molecule has 1 aromatic heterocycles. The van der Waals surface area contributed by atoms with E-state index >= 15 is 4.79 Å². The molecule has 0 radical (unpaired) electrons. The Bertz CT molecular complexity index is 3490. The number of carbonyl (C=O) groups is 12. The SMILES string of the molecule is CCC[C@@H]1NC(=O)[C@H](Cc2c[nH]c3ccccc23)NC(=O)[C@H](CC(=O)O)NC(=O)[C@H](CC(N)=O)NC(=O)[C@H](Cc2ccccc2)NC(=O)[C@H](Cc2ccccc2)NC(=O)[C@@H]2CCCN2C(=O)[C@H](Cc2ccc(O)cc2)NC(=O)[C@H](CC(C)C)NC(=O)[C@H](CCCN)NC1=O. The van der Waals surface area contributed by atoms with Crippen LogP contribution in [0.4, 0.5) is 0 Å². The minimum Gasteiger partial charge on any atom is -0.508 e. The van der Waals surface area contributed by atoms with Crippen LogP contribution in [-0.2, 0) is 83.2 Å². The Hall–Kier alpha value is -10.2. The molecule has 16 N–H and O–H groups in total. The van der Waals surface area contributed by atoms with Gasteiger partial charge in [0.15, 0.2) is 0 Å². The van der Waals surface area contributed by atoms with Crippen LogP contribution in [0.2, 0.25) is 0 Å². The Balaban J connectivity index is 1.32. The first-order valence-corrected chi connectivity index (χ1v) is 31.6. The number of rotatable bonds is 19. The van der Waals surface area contributed by atoms with E-state index in [4.69, 9.17) is 11.5 Å². The van der Waals surface area contributed by atoms with Crippen molar-refractivity contribution in [3.8, 4) is 5.75 Å². The highest BCUT2D eigenvalue weighted by Crippen LogP contribution is 2.23. The number of aromatic hydroxyl groups is 1. The molecule has 4 aromatic carbocycles. The Morgan fingerprint density at radius 2 is 0.957 bits per heavy atom. The third-order valence-corrected chi connectivity index (χ3v) is 16.3. The number of para-hydroxylation sites is 1. The zero-order valence-electron chi connectivity index (χ0n) is 52.8. The van der Waals surface area contributed by atoms with Crippen LogP contribution in [0, 0.1) is 5.92 Å². The Labute approximate surface area is 543 Å². The molecule has 2 aliphatic rings. The van der Waals surface area contributed by atoms with E-state index in [2.05, 4.69) is 52.8 Å². The summed E-state index contributed by atoms with van der Waals surface area (Å²) in [5.74, 6) is -12.3. The molecule has 27 heteroatoms. The first kappa shape index (κ1) is 71.3. The molecule has 7 rings (SSSR count). The number of fused-ring (bicyclic) bond motifs is 2. The Morgan fingerprint density at radius 1 is 0.521 bits per heavy atom. The van der Waals surface area contributed by atoms with Gasteiger partial charge in [0.2, 0.25) is 65.0 Å². The average molecular weight is 1300 g/mol. The zero-order valence-corrected chi connectivity index (χ0v) is 52.8. The minimum absolute atomic E-state index is 0.0141. The molecular formula is C67H85N13O14. The topological polar surface area (TPSA) is 425 Å². The Kier molecular flexibility index (Phi) is 26.1. The minimum atomic E-state index is -2.01. The summed E-state index contributed by atoms with van der Waals surface area (Å²) in [5.41, 5.74) is 14.3. The quantitative estimate of drug-likeness (QED) is 0.0534. The van der Waals surface area contributed by atoms with E-state index in [1.807, 2.05) is 13.8 Å². The first-order valence-electron chi connectivity index (χ1n) is 31.6. The lowest BCUT2D eigenvalue weighted by molar-refractivity contribution is -0.142. The number of nitrogens with zero attached hydrogens (tertiary/aromatic N) is 1. The molecular weight excluding hydrogens is 1210 g/mol. The van der Waals surface area contributed by atoms with E-state index in [9.17, 15) is 63.0 Å². The number of primary amides is 1. The number of hydrogen-bond acceptors (Lipinski definition) is 14. The predicted molar refractivity (Wildman–Crippen MR) is 345 cm³/mol. The number of aromatic nitrogens is 1. The molecule has 11 amide bonds. The number of amides is 11. The fourth-order valence-corrected chi connectivity index (χ4v) is 11.5. The predicted octanol–water partition coefficient (Wildman–Crippen LogP) is 0.447. The summed E-state index contributed by atoms with van der Waals surface area (Å²) in [6, 6.07) is 14.6. The maximum Gasteiger partial charge on any atom is 0.305 e. The average Bonchev–Trinajstić information content (AvgIpc) is 1.63. The summed E-state index contributed by atoms with van der Waals surface area (Å²) in [6.45, 7) is 5.46. The maximum absolute atomic E-state index is 15.2. The molecule has 0 bridgehead atoms. The standard InChI is InChI=1S/C67H85N13O14/c1-4-15-46-58(85)72-47(22-13-28-68)59(86)73-48(30-38(2)3)60(87)79-54(33-41-24-26-43(81)27-25-41)67(94)80-29-14-23-55(80)66(93)78-50(32-40-18-9-6-10-19-40)62(89)74-49(31-39-16-7-5-8-17-39)61(88)76-52(35-56(69)82)64(91)77-53(36-57(83)84)65(92)75-51(63(90)71-46)34-42-37-70-45-21-12-11-20-44(42)45/h5-12,16-21,24-27,37-38,46-55,70,81H,4,13-15,22-23,28-36,68H2,1-3H3,(H2,69,82)(H,71,90)(H,72,85)(H,73,86)(H,74,89)(H,75,92)(H,76,88)(H,77,91)(H,78,93)(H,79,87)(H,83,84)/t46-,47-,48-,49-,50-,51-,52-,53-,54-,55-/m0/s1. The second-order valence-electron chi connectivity index (χ2n) is 24.2. The van der Waals surface area contributed by atoms with Gasteiger partial charge in [-0.25, -0.2) is 0 Å². The van der Waals surface area contributed by atoms with Crippen molar-refractivity contribution in [2.75, 3.05) is 13.1 Å². The summed E-state index contributed by atoms with van der Waals surface area (Å²) in [6.07, 6.45) is -0.334. The van der Waals surface area contributed by atoms with Crippen LogP contribution >= 0.6 is 0 Å². The van der Waals surface area contributed by atoms with Crippen LogP contribution < -0.4 is 59.3 Å². The molecule has 2 saturated heterocycles. The smallest absolute Gasteiger partial charge is 0.305 e. The van der Waals surface area contributed by atoms with Gasteiger partial charge in [-0.3, -0.25) is 57.5 Å². The lowest BCUT2D eigenvalue weighted by atomic mass is 9.99. The number of carboxylic acid groups (broad SMARTS) is 1. The van der Waals surface area contributed by atoms with Crippen molar-refractivity contribution in [1.82, 2.24) is 57.7 Å². The van der Waals surface area contributed by atoms with Crippen molar-refractivity contribution >= 4 is 81.9 Å². The van der Waals surface area contributed by atoms with E-state index in [-0.39, 0.29) is 82.5 Å². The molecule has 5 aromatic rings. The highest BCUT2D eigenvalue weighted by Gasteiger charge is 2.42. The summed E-state index contributed by atoms with van der Waals surface area (Å²) >= 11 is 0. The van der Waals surface area contributed by atoms with Crippen LogP contribution in [0.25, 0.3) is 10.9 Å². The molecule has 0 unspecified atom stereocenters. The monoisotopic (exact) mass is 1300 g/mol. The van der Waals surface area contributed by atoms with Crippen LogP contribution in [0.1, 0.15) is 101 Å². The lowest BCUT2D eigenvalue weighted by Gasteiger charge is -2.31. The number of aromatic amines is 1. The van der Waals surface area contributed by atoms with Crippen molar-refractivity contribution < 1.29 is 67.7 Å². The zero-order chi connectivity index (χ0) is 68.0. The normalized spacial score (nSPS) is 23.7. The van der Waals surface area contributed by atoms with E-state index in [1.54, 1.807) is 110 Å². The number of H-pyrrole nitrogens is 1. The second-order valence-corrected chi connectivity index (χ2v) is 24.2. The molecule has 502 valence electrons. The van der Waals surface area contributed by atoms with Gasteiger partial charge in [-0.2, -0.15) is 0 Å². The highest BCUT2D eigenvalue weighted by molar-refractivity contribution is 6.01. The van der Waals surface area contributed by atoms with Crippen molar-refractivity contribution in [1.29, 1.82) is 0 Å². The van der Waals surface area contributed by atoms with Crippen LogP contribution in [0.5, 0.6) is 5.75 Å². The van der Waals surface area contributed by atoms with Gasteiger partial charge in [-0.1, -0.05) is 118 Å². The number of aliphatic carboxylic acids is 1. The van der Waals surface area contributed by atoms with Gasteiger partial charge in [-0.15, -0.1) is 0 Å². The van der Waals surface area contributed by atoms with Gasteiger partial charge >= 0.3 is 5.97 Å². The summed E-state index contributed by atoms with van der Waals surface area (Å²) in [5, 5.41) is 44.9. The molecule has 0 spiro atoms. The van der Waals surface area contributed by atoms with Crippen molar-refractivity contribution in [2.45, 2.75) is 165 Å². The number of hydrogen-bond donors (Lipinski definition) is 14. The van der Waals surface area contributed by atoms with Crippen molar-refractivity contribution in [2.24, 2.45) is 17.4 Å². The van der Waals surface area contributed by atoms with E-state index in [0.29, 0.717) is 46.0 Å². The van der Waals surface area contributed by atoms with Gasteiger partial charge < -0.3 is 79.4 Å². The number of phenolic OH excluding ortho intramolecular Hbond substituents is 1. The fraction of sp³-hybridized carbons (Fsp3) is 0.433. The van der Waals surface area contributed by atoms with Gasteiger partial charge in [0.1, 0.15) is 66.2 Å². The summed E-state index contributed by atoms with van der Waals surface area (Å²) in [4.78, 5) is 177. The summed E-state index contributed by atoms with van der Waals surface area (Å²) < 4.78 is 0. The molecule has 3 heterocycles. The number of nitrogens with one attached hydrogen (secondary N) is 10. The molecule has 27 nitrogen and oxygen atoms in total. The van der Waals surface area contributed by atoms with Crippen molar-refractivity contribution in [3.63, 3.8) is 0 Å². The van der Waals surface area contributed by atoms with Gasteiger partial charge in [0, 0.05) is 49.3 Å². The van der Waals surface area contributed by atoms with Crippen LogP contribution in [0.15, 0.2) is 115 Å². The molecule has 94 heavy (non-hydrogen) atoms. The first-order chi connectivity index (χ1) is 45.0. The molecule has 0 aliphatic carbocycles. The molecule has 2 fully saturated rings. The number of phenols is 1. The Morgan fingerprint density at radius 3 is 1.50 bits per heavy atom. The van der Waals surface area contributed by atoms with Crippen molar-refractivity contribution in [3.05, 3.63) is 138 Å². The van der Waals surface area contributed by atoms with Gasteiger partial charge in [0.25, 0.3) is 0 Å². The number of benzene rings is 4.